The predicted molar refractivity (Wildman–Crippen MR) is 86.4 cm³/mol. The van der Waals surface area contributed by atoms with Gasteiger partial charge in [-0.15, -0.1) is 0 Å². The van der Waals surface area contributed by atoms with Crippen molar-refractivity contribution in [2.45, 2.75) is 6.92 Å². The number of amides is 1. The Morgan fingerprint density at radius 2 is 2.05 bits per heavy atom. The largest absolute Gasteiger partial charge is 0.454 e. The van der Waals surface area contributed by atoms with Gasteiger partial charge in [-0.1, -0.05) is 23.7 Å². The maximum Gasteiger partial charge on any atom is 0.248 e. The number of fused-ring (bicyclic) bond motifs is 1. The van der Waals surface area contributed by atoms with E-state index in [4.69, 9.17) is 21.1 Å². The van der Waals surface area contributed by atoms with Gasteiger partial charge in [-0.3, -0.25) is 4.79 Å². The van der Waals surface area contributed by atoms with E-state index in [1.54, 1.807) is 18.2 Å². The molecule has 3 rings (SSSR count). The number of hydrogen-bond donors (Lipinski definition) is 1. The van der Waals surface area contributed by atoms with Gasteiger partial charge >= 0.3 is 0 Å². The van der Waals surface area contributed by atoms with Crippen LogP contribution in [0.1, 0.15) is 11.1 Å². The molecule has 2 aromatic rings. The zero-order chi connectivity index (χ0) is 15.5. The van der Waals surface area contributed by atoms with Crippen LogP contribution in [0, 0.1) is 6.92 Å². The number of halogens is 1. The first kappa shape index (κ1) is 14.5. The Kier molecular flexibility index (Phi) is 4.02. The van der Waals surface area contributed by atoms with E-state index in [1.807, 2.05) is 31.2 Å². The molecule has 0 spiro atoms. The lowest BCUT2D eigenvalue weighted by molar-refractivity contribution is -0.111. The molecule has 5 heteroatoms. The number of ether oxygens (including phenoxy) is 2. The fraction of sp³-hybridized carbons (Fsp3) is 0.118. The second-order valence-electron chi connectivity index (χ2n) is 4.85. The van der Waals surface area contributed by atoms with Gasteiger partial charge in [0.25, 0.3) is 0 Å². The van der Waals surface area contributed by atoms with Gasteiger partial charge in [0.15, 0.2) is 11.5 Å². The van der Waals surface area contributed by atoms with Crippen LogP contribution in [-0.4, -0.2) is 12.7 Å². The number of rotatable bonds is 3. The third kappa shape index (κ3) is 3.07. The van der Waals surface area contributed by atoms with Crippen molar-refractivity contribution in [1.82, 2.24) is 0 Å². The van der Waals surface area contributed by atoms with E-state index in [1.165, 1.54) is 6.08 Å². The molecule has 1 amide bonds. The molecule has 1 N–H and O–H groups in total. The zero-order valence-corrected chi connectivity index (χ0v) is 12.7. The first-order chi connectivity index (χ1) is 10.6. The lowest BCUT2D eigenvalue weighted by Crippen LogP contribution is -2.08. The smallest absolute Gasteiger partial charge is 0.248 e. The summed E-state index contributed by atoms with van der Waals surface area (Å²) in [6.45, 7) is 2.09. The Balaban J connectivity index is 1.70. The van der Waals surface area contributed by atoms with Gasteiger partial charge in [0.1, 0.15) is 0 Å². The highest BCUT2D eigenvalue weighted by molar-refractivity contribution is 6.31. The van der Waals surface area contributed by atoms with Gasteiger partial charge in [-0.2, -0.15) is 0 Å². The van der Waals surface area contributed by atoms with Crippen molar-refractivity contribution in [3.05, 3.63) is 58.6 Å². The highest BCUT2D eigenvalue weighted by Crippen LogP contribution is 2.32. The van der Waals surface area contributed by atoms with Crippen molar-refractivity contribution >= 4 is 29.3 Å². The van der Waals surface area contributed by atoms with E-state index in [9.17, 15) is 4.79 Å². The van der Waals surface area contributed by atoms with E-state index in [-0.39, 0.29) is 12.7 Å². The molecule has 2 aromatic carbocycles. The van der Waals surface area contributed by atoms with E-state index in [2.05, 4.69) is 5.32 Å². The molecule has 0 bridgehead atoms. The number of benzene rings is 2. The molecule has 0 radical (unpaired) electrons. The summed E-state index contributed by atoms with van der Waals surface area (Å²) in [5.41, 5.74) is 2.41. The van der Waals surface area contributed by atoms with Crippen LogP contribution in [0.25, 0.3) is 6.08 Å². The Labute approximate surface area is 133 Å². The molecular weight excluding hydrogens is 302 g/mol. The van der Waals surface area contributed by atoms with E-state index < -0.39 is 0 Å². The van der Waals surface area contributed by atoms with Crippen molar-refractivity contribution in [3.63, 3.8) is 0 Å². The van der Waals surface area contributed by atoms with E-state index in [0.29, 0.717) is 16.5 Å². The summed E-state index contributed by atoms with van der Waals surface area (Å²) in [6.07, 6.45) is 3.19. The van der Waals surface area contributed by atoms with Gasteiger partial charge in [0, 0.05) is 16.8 Å². The monoisotopic (exact) mass is 315 g/mol. The fourth-order valence-corrected chi connectivity index (χ4v) is 2.28. The van der Waals surface area contributed by atoms with Gasteiger partial charge in [-0.25, -0.2) is 0 Å². The van der Waals surface area contributed by atoms with Crippen LogP contribution in [-0.2, 0) is 4.79 Å². The molecule has 22 heavy (non-hydrogen) atoms. The van der Waals surface area contributed by atoms with Crippen molar-refractivity contribution in [2.75, 3.05) is 12.1 Å². The standard InChI is InChI=1S/C17H14ClNO3/c1-11-13(18)3-2-4-14(11)19-17(20)8-6-12-5-7-15-16(9-12)22-10-21-15/h2-9H,10H2,1H3,(H,19,20)/b8-6+. The van der Waals surface area contributed by atoms with Gasteiger partial charge in [0.05, 0.1) is 0 Å². The van der Waals surface area contributed by atoms with Crippen molar-refractivity contribution in [3.8, 4) is 11.5 Å². The molecular formula is C17H14ClNO3. The molecule has 112 valence electrons. The lowest BCUT2D eigenvalue weighted by Gasteiger charge is -2.07. The zero-order valence-electron chi connectivity index (χ0n) is 11.9. The van der Waals surface area contributed by atoms with Crippen molar-refractivity contribution in [1.29, 1.82) is 0 Å². The van der Waals surface area contributed by atoms with Crippen LogP contribution >= 0.6 is 11.6 Å². The van der Waals surface area contributed by atoms with Crippen LogP contribution in [0.15, 0.2) is 42.5 Å². The second-order valence-corrected chi connectivity index (χ2v) is 5.25. The van der Waals surface area contributed by atoms with Gasteiger partial charge in [0.2, 0.25) is 12.7 Å². The van der Waals surface area contributed by atoms with Crippen LogP contribution in [0.4, 0.5) is 5.69 Å². The van der Waals surface area contributed by atoms with Crippen LogP contribution in [0.5, 0.6) is 11.5 Å². The maximum absolute atomic E-state index is 12.0. The topological polar surface area (TPSA) is 47.6 Å². The number of carbonyl (C=O) groups excluding carboxylic acids is 1. The molecule has 1 aliphatic rings. The number of nitrogens with one attached hydrogen (secondary N) is 1. The van der Waals surface area contributed by atoms with E-state index >= 15 is 0 Å². The molecule has 4 nitrogen and oxygen atoms in total. The molecule has 0 aliphatic carbocycles. The SMILES string of the molecule is Cc1c(Cl)cccc1NC(=O)/C=C/c1ccc2c(c1)OCO2. The molecule has 0 saturated heterocycles. The lowest BCUT2D eigenvalue weighted by atomic mass is 10.2. The molecule has 0 unspecified atom stereocenters. The summed E-state index contributed by atoms with van der Waals surface area (Å²) in [5, 5.41) is 3.43. The predicted octanol–water partition coefficient (Wildman–Crippen LogP) is 4.03. The Morgan fingerprint density at radius 1 is 1.23 bits per heavy atom. The summed E-state index contributed by atoms with van der Waals surface area (Å²) in [4.78, 5) is 12.0. The molecule has 0 saturated carbocycles. The van der Waals surface area contributed by atoms with Crippen LogP contribution in [0.3, 0.4) is 0 Å². The van der Waals surface area contributed by atoms with Crippen molar-refractivity contribution < 1.29 is 14.3 Å². The Morgan fingerprint density at radius 3 is 2.91 bits per heavy atom. The molecule has 1 heterocycles. The fourth-order valence-electron chi connectivity index (χ4n) is 2.11. The molecule has 0 aromatic heterocycles. The third-order valence-electron chi connectivity index (χ3n) is 3.35. The summed E-state index contributed by atoms with van der Waals surface area (Å²) in [6, 6.07) is 10.9. The normalized spacial score (nSPS) is 12.6. The Bertz CT molecular complexity index is 756. The first-order valence-electron chi connectivity index (χ1n) is 6.77. The van der Waals surface area contributed by atoms with Gasteiger partial charge in [-0.05, 0) is 48.4 Å². The quantitative estimate of drug-likeness (QED) is 0.870. The summed E-state index contributed by atoms with van der Waals surface area (Å²) < 4.78 is 10.5. The second kappa shape index (κ2) is 6.12. The van der Waals surface area contributed by atoms with Crippen LogP contribution in [0.2, 0.25) is 5.02 Å². The highest BCUT2D eigenvalue weighted by atomic mass is 35.5. The molecule has 1 aliphatic heterocycles. The maximum atomic E-state index is 12.0. The summed E-state index contributed by atoms with van der Waals surface area (Å²) in [5.74, 6) is 1.19. The van der Waals surface area contributed by atoms with Crippen LogP contribution < -0.4 is 14.8 Å². The van der Waals surface area contributed by atoms with E-state index in [0.717, 1.165) is 16.9 Å². The summed E-state index contributed by atoms with van der Waals surface area (Å²) >= 11 is 6.03. The average Bonchev–Trinajstić information content (AvgIpc) is 2.97. The number of anilines is 1. The Hall–Kier alpha value is -2.46. The minimum atomic E-state index is -0.219. The minimum Gasteiger partial charge on any atom is -0.454 e. The third-order valence-corrected chi connectivity index (χ3v) is 3.76. The van der Waals surface area contributed by atoms with Gasteiger partial charge < -0.3 is 14.8 Å². The number of hydrogen-bond acceptors (Lipinski definition) is 3. The average molecular weight is 316 g/mol. The first-order valence-corrected chi connectivity index (χ1v) is 7.15. The number of carbonyl (C=O) groups is 1. The molecule has 0 fully saturated rings. The summed E-state index contributed by atoms with van der Waals surface area (Å²) in [7, 11) is 0. The minimum absolute atomic E-state index is 0.219. The van der Waals surface area contributed by atoms with Crippen molar-refractivity contribution in [2.24, 2.45) is 0 Å². The molecule has 0 atom stereocenters. The highest BCUT2D eigenvalue weighted by Gasteiger charge is 2.12.